The number of halogens is 1. The molecule has 0 aliphatic rings. The standard InChI is InChI=1S/C20H20ClNO3/c1-22(15-13-16-8-4-2-5-9-16)18(23)12-14-20(21,19(24)25)17-10-6-3-7-11-17/h2-11,13,15H,12,14H2,1H3,(H,24,25). The third-order valence-electron chi connectivity index (χ3n) is 3.94. The number of aliphatic carboxylic acids is 1. The molecule has 1 amide bonds. The molecule has 1 unspecified atom stereocenters. The maximum absolute atomic E-state index is 12.3. The van der Waals surface area contributed by atoms with Crippen LogP contribution in [0.2, 0.25) is 0 Å². The van der Waals surface area contributed by atoms with Crippen molar-refractivity contribution >= 4 is 29.6 Å². The van der Waals surface area contributed by atoms with Gasteiger partial charge in [0.15, 0.2) is 4.87 Å². The average molecular weight is 358 g/mol. The third-order valence-corrected chi connectivity index (χ3v) is 4.51. The van der Waals surface area contributed by atoms with Crippen molar-refractivity contribution in [2.24, 2.45) is 0 Å². The molecule has 0 spiro atoms. The molecule has 5 heteroatoms. The van der Waals surface area contributed by atoms with Crippen molar-refractivity contribution in [3.63, 3.8) is 0 Å². The average Bonchev–Trinajstić information content (AvgIpc) is 2.65. The van der Waals surface area contributed by atoms with E-state index in [1.165, 1.54) is 4.90 Å². The van der Waals surface area contributed by atoms with Crippen LogP contribution < -0.4 is 0 Å². The topological polar surface area (TPSA) is 57.6 Å². The molecule has 4 nitrogen and oxygen atoms in total. The Kier molecular flexibility index (Phi) is 6.37. The van der Waals surface area contributed by atoms with E-state index in [-0.39, 0.29) is 18.7 Å². The number of hydrogen-bond acceptors (Lipinski definition) is 2. The molecule has 0 saturated carbocycles. The highest BCUT2D eigenvalue weighted by atomic mass is 35.5. The number of carbonyl (C=O) groups excluding carboxylic acids is 1. The van der Waals surface area contributed by atoms with Gasteiger partial charge in [0, 0.05) is 19.7 Å². The second kappa shape index (κ2) is 8.49. The summed E-state index contributed by atoms with van der Waals surface area (Å²) in [6.45, 7) is 0. The van der Waals surface area contributed by atoms with Crippen molar-refractivity contribution in [2.45, 2.75) is 17.7 Å². The molecule has 0 bridgehead atoms. The summed E-state index contributed by atoms with van der Waals surface area (Å²) >= 11 is 6.33. The van der Waals surface area contributed by atoms with Crippen molar-refractivity contribution in [2.75, 3.05) is 7.05 Å². The number of rotatable bonds is 7. The summed E-state index contributed by atoms with van der Waals surface area (Å²) in [5.74, 6) is -1.36. The lowest BCUT2D eigenvalue weighted by molar-refractivity contribution is -0.141. The summed E-state index contributed by atoms with van der Waals surface area (Å²) in [5.41, 5.74) is 1.45. The van der Waals surface area contributed by atoms with E-state index in [1.807, 2.05) is 36.4 Å². The second-order valence-electron chi connectivity index (χ2n) is 5.70. The Labute approximate surface area is 152 Å². The fraction of sp³-hybridized carbons (Fsp3) is 0.200. The molecular formula is C20H20ClNO3. The van der Waals surface area contributed by atoms with Gasteiger partial charge < -0.3 is 10.0 Å². The number of benzene rings is 2. The fourth-order valence-corrected chi connectivity index (χ4v) is 2.60. The van der Waals surface area contributed by atoms with Crippen LogP contribution in [0.5, 0.6) is 0 Å². The first-order chi connectivity index (χ1) is 11.9. The van der Waals surface area contributed by atoms with E-state index in [0.717, 1.165) is 5.56 Å². The molecule has 0 fully saturated rings. The molecule has 0 saturated heterocycles. The summed E-state index contributed by atoms with van der Waals surface area (Å²) in [7, 11) is 1.64. The van der Waals surface area contributed by atoms with Gasteiger partial charge in [0.2, 0.25) is 5.91 Å². The normalized spacial score (nSPS) is 13.4. The summed E-state index contributed by atoms with van der Waals surface area (Å²) in [4.78, 5) is 23.8. The van der Waals surface area contributed by atoms with Crippen LogP contribution in [0.1, 0.15) is 24.0 Å². The molecule has 25 heavy (non-hydrogen) atoms. The smallest absolute Gasteiger partial charge is 0.329 e. The predicted molar refractivity (Wildman–Crippen MR) is 99.1 cm³/mol. The zero-order valence-corrected chi connectivity index (χ0v) is 14.7. The molecule has 1 atom stereocenters. The van der Waals surface area contributed by atoms with Crippen LogP contribution >= 0.6 is 11.6 Å². The Bertz CT molecular complexity index is 746. The largest absolute Gasteiger partial charge is 0.480 e. The van der Waals surface area contributed by atoms with Crippen LogP contribution in [0.25, 0.3) is 6.08 Å². The Balaban J connectivity index is 2.01. The molecule has 0 aliphatic heterocycles. The number of carboxylic acids is 1. The monoisotopic (exact) mass is 357 g/mol. The first kappa shape index (κ1) is 18.7. The highest BCUT2D eigenvalue weighted by Gasteiger charge is 2.38. The van der Waals surface area contributed by atoms with Crippen molar-refractivity contribution in [3.05, 3.63) is 78.0 Å². The zero-order chi connectivity index (χ0) is 18.3. The highest BCUT2D eigenvalue weighted by molar-refractivity contribution is 6.33. The minimum atomic E-state index is -1.61. The first-order valence-electron chi connectivity index (χ1n) is 7.90. The molecule has 2 aromatic rings. The van der Waals surface area contributed by atoms with Crippen molar-refractivity contribution < 1.29 is 14.7 Å². The summed E-state index contributed by atoms with van der Waals surface area (Å²) in [6, 6.07) is 18.2. The minimum absolute atomic E-state index is 0.0102. The van der Waals surface area contributed by atoms with Gasteiger partial charge in [-0.05, 0) is 23.6 Å². The number of amides is 1. The first-order valence-corrected chi connectivity index (χ1v) is 8.28. The SMILES string of the molecule is CN(C=Cc1ccccc1)C(=O)CCC(Cl)(C(=O)O)c1ccccc1. The lowest BCUT2D eigenvalue weighted by Crippen LogP contribution is -2.32. The van der Waals surface area contributed by atoms with E-state index >= 15 is 0 Å². The molecule has 0 aliphatic carbocycles. The van der Waals surface area contributed by atoms with Gasteiger partial charge in [-0.3, -0.25) is 4.79 Å². The zero-order valence-electron chi connectivity index (χ0n) is 13.9. The Hall–Kier alpha value is -2.59. The molecule has 0 aromatic heterocycles. The number of nitrogens with zero attached hydrogens (tertiary/aromatic N) is 1. The number of alkyl halides is 1. The molecule has 2 rings (SSSR count). The fourth-order valence-electron chi connectivity index (χ4n) is 2.38. The molecule has 1 N–H and O–H groups in total. The number of carbonyl (C=O) groups is 2. The van der Waals surface area contributed by atoms with Crippen molar-refractivity contribution in [3.8, 4) is 0 Å². The quantitative estimate of drug-likeness (QED) is 0.758. The molecule has 130 valence electrons. The van der Waals surface area contributed by atoms with Crippen LogP contribution in [-0.2, 0) is 14.5 Å². The summed E-state index contributed by atoms with van der Waals surface area (Å²) in [6.07, 6.45) is 3.52. The van der Waals surface area contributed by atoms with Crippen molar-refractivity contribution in [1.82, 2.24) is 4.90 Å². The number of carboxylic acid groups (broad SMARTS) is 1. The van der Waals surface area contributed by atoms with Crippen LogP contribution in [0.4, 0.5) is 0 Å². The highest BCUT2D eigenvalue weighted by Crippen LogP contribution is 2.34. The Morgan fingerprint density at radius 1 is 1.08 bits per heavy atom. The van der Waals surface area contributed by atoms with E-state index < -0.39 is 10.8 Å². The molecule has 2 aromatic carbocycles. The van der Waals surface area contributed by atoms with Crippen LogP contribution in [0, 0.1) is 0 Å². The third kappa shape index (κ3) is 4.94. The van der Waals surface area contributed by atoms with E-state index in [4.69, 9.17) is 11.6 Å². The minimum Gasteiger partial charge on any atom is -0.480 e. The van der Waals surface area contributed by atoms with Crippen LogP contribution in [0.3, 0.4) is 0 Å². The van der Waals surface area contributed by atoms with Gasteiger partial charge in [-0.15, -0.1) is 11.6 Å². The van der Waals surface area contributed by atoms with Crippen LogP contribution in [-0.4, -0.2) is 28.9 Å². The molecule has 0 heterocycles. The van der Waals surface area contributed by atoms with Gasteiger partial charge in [-0.2, -0.15) is 0 Å². The van der Waals surface area contributed by atoms with Gasteiger partial charge in [0.05, 0.1) is 0 Å². The van der Waals surface area contributed by atoms with E-state index in [2.05, 4.69) is 0 Å². The maximum Gasteiger partial charge on any atom is 0.329 e. The van der Waals surface area contributed by atoms with Gasteiger partial charge >= 0.3 is 5.97 Å². The van der Waals surface area contributed by atoms with Gasteiger partial charge in [0.25, 0.3) is 0 Å². The maximum atomic E-state index is 12.3. The summed E-state index contributed by atoms with van der Waals surface area (Å²) < 4.78 is 0. The molecular weight excluding hydrogens is 338 g/mol. The van der Waals surface area contributed by atoms with E-state index in [1.54, 1.807) is 43.6 Å². The number of hydrogen-bond donors (Lipinski definition) is 1. The van der Waals surface area contributed by atoms with Gasteiger partial charge in [-0.1, -0.05) is 60.7 Å². The van der Waals surface area contributed by atoms with Crippen molar-refractivity contribution in [1.29, 1.82) is 0 Å². The second-order valence-corrected chi connectivity index (χ2v) is 6.35. The predicted octanol–water partition coefficient (Wildman–Crippen LogP) is 4.11. The van der Waals surface area contributed by atoms with Gasteiger partial charge in [-0.25, -0.2) is 4.79 Å². The Morgan fingerprint density at radius 3 is 2.20 bits per heavy atom. The lowest BCUT2D eigenvalue weighted by atomic mass is 9.93. The van der Waals surface area contributed by atoms with E-state index in [0.29, 0.717) is 5.56 Å². The summed E-state index contributed by atoms with van der Waals surface area (Å²) in [5, 5.41) is 9.52. The van der Waals surface area contributed by atoms with Crippen LogP contribution in [0.15, 0.2) is 66.9 Å². The van der Waals surface area contributed by atoms with Gasteiger partial charge in [0.1, 0.15) is 0 Å². The lowest BCUT2D eigenvalue weighted by Gasteiger charge is -2.23. The molecule has 0 radical (unpaired) electrons. The Morgan fingerprint density at radius 2 is 1.64 bits per heavy atom. The van der Waals surface area contributed by atoms with E-state index in [9.17, 15) is 14.7 Å².